The number of fused-ring (bicyclic) bond motifs is 8. The van der Waals surface area contributed by atoms with E-state index >= 15 is 0 Å². The molecule has 0 spiro atoms. The van der Waals surface area contributed by atoms with Gasteiger partial charge < -0.3 is 9.13 Å². The van der Waals surface area contributed by atoms with Gasteiger partial charge in [-0.25, -0.2) is 0 Å². The van der Waals surface area contributed by atoms with Crippen molar-refractivity contribution in [3.8, 4) is 22.5 Å². The van der Waals surface area contributed by atoms with E-state index < -0.39 is 0 Å². The second-order valence-corrected chi connectivity index (χ2v) is 11.0. The Morgan fingerprint density at radius 1 is 0.310 bits per heavy atom. The molecule has 42 heavy (non-hydrogen) atoms. The number of aromatic nitrogens is 2. The van der Waals surface area contributed by atoms with Crippen molar-refractivity contribution in [3.05, 3.63) is 158 Å². The molecule has 0 unspecified atom stereocenters. The van der Waals surface area contributed by atoms with Gasteiger partial charge in [-0.3, -0.25) is 0 Å². The molecule has 2 heteroatoms. The molecular weight excluding hydrogens is 508 g/mol. The summed E-state index contributed by atoms with van der Waals surface area (Å²) >= 11 is 0. The predicted octanol–water partition coefficient (Wildman–Crippen LogP) is 10.7. The van der Waals surface area contributed by atoms with Crippen molar-refractivity contribution in [2.24, 2.45) is 0 Å². The molecule has 0 N–H and O–H groups in total. The third kappa shape index (κ3) is 3.33. The summed E-state index contributed by atoms with van der Waals surface area (Å²) in [6, 6.07) is 57.2. The summed E-state index contributed by atoms with van der Waals surface area (Å²) in [6.07, 6.45) is 0. The molecular formula is C40H26N2. The lowest BCUT2D eigenvalue weighted by atomic mass is 10.0. The monoisotopic (exact) mass is 534 g/mol. The standard InChI is InChI=1S/C40H26N2/c1-3-12-27(13-4-1)28-14-11-17-31(24-28)42-38-21-10-7-18-32(38)34-23-22-29-25-39-36(26-35(29)40(34)42)33-19-8-9-20-37(33)41(39)30-15-5-2-6-16-30/h1-26H. The fraction of sp³-hybridized carbons (Fsp3) is 0. The van der Waals surface area contributed by atoms with E-state index in [0.717, 1.165) is 0 Å². The van der Waals surface area contributed by atoms with Crippen molar-refractivity contribution < 1.29 is 0 Å². The van der Waals surface area contributed by atoms with E-state index in [1.165, 1.54) is 76.9 Å². The van der Waals surface area contributed by atoms with Crippen LogP contribution in [-0.4, -0.2) is 9.13 Å². The van der Waals surface area contributed by atoms with Crippen molar-refractivity contribution in [3.63, 3.8) is 0 Å². The highest BCUT2D eigenvalue weighted by Gasteiger charge is 2.18. The number of benzene rings is 7. The van der Waals surface area contributed by atoms with E-state index in [4.69, 9.17) is 0 Å². The molecule has 0 saturated carbocycles. The average Bonchev–Trinajstić information content (AvgIpc) is 3.57. The van der Waals surface area contributed by atoms with Gasteiger partial charge in [-0.05, 0) is 65.0 Å². The van der Waals surface area contributed by atoms with Gasteiger partial charge >= 0.3 is 0 Å². The Hall–Kier alpha value is -5.60. The van der Waals surface area contributed by atoms with Crippen LogP contribution in [0.5, 0.6) is 0 Å². The zero-order valence-electron chi connectivity index (χ0n) is 22.9. The zero-order valence-corrected chi connectivity index (χ0v) is 22.9. The summed E-state index contributed by atoms with van der Waals surface area (Å²) in [5, 5.41) is 7.57. The van der Waals surface area contributed by atoms with Gasteiger partial charge in [-0.1, -0.05) is 109 Å². The Labute approximate surface area is 243 Å². The molecule has 196 valence electrons. The van der Waals surface area contributed by atoms with E-state index in [1.807, 2.05) is 0 Å². The molecule has 7 aromatic carbocycles. The second-order valence-electron chi connectivity index (χ2n) is 11.0. The fourth-order valence-electron chi connectivity index (χ4n) is 6.83. The number of nitrogens with zero attached hydrogens (tertiary/aromatic N) is 2. The number of hydrogen-bond donors (Lipinski definition) is 0. The first-order valence-electron chi connectivity index (χ1n) is 14.5. The molecule has 0 saturated heterocycles. The maximum Gasteiger partial charge on any atom is 0.0619 e. The van der Waals surface area contributed by atoms with E-state index in [1.54, 1.807) is 0 Å². The number of hydrogen-bond acceptors (Lipinski definition) is 0. The summed E-state index contributed by atoms with van der Waals surface area (Å²) < 4.78 is 4.86. The Morgan fingerprint density at radius 2 is 0.929 bits per heavy atom. The largest absolute Gasteiger partial charge is 0.309 e. The van der Waals surface area contributed by atoms with Gasteiger partial charge in [0.15, 0.2) is 0 Å². The van der Waals surface area contributed by atoms with Crippen LogP contribution in [0.25, 0.3) is 76.9 Å². The van der Waals surface area contributed by atoms with Crippen LogP contribution >= 0.6 is 0 Å². The summed E-state index contributed by atoms with van der Waals surface area (Å²) in [5.74, 6) is 0. The van der Waals surface area contributed by atoms with E-state index in [2.05, 4.69) is 167 Å². The Morgan fingerprint density at radius 3 is 1.71 bits per heavy atom. The third-order valence-corrected chi connectivity index (χ3v) is 8.67. The highest BCUT2D eigenvalue weighted by atomic mass is 15.0. The van der Waals surface area contributed by atoms with Crippen LogP contribution in [-0.2, 0) is 0 Å². The van der Waals surface area contributed by atoms with Crippen molar-refractivity contribution in [2.45, 2.75) is 0 Å². The van der Waals surface area contributed by atoms with Crippen LogP contribution in [0.1, 0.15) is 0 Å². The molecule has 0 aliphatic rings. The van der Waals surface area contributed by atoms with Crippen molar-refractivity contribution in [1.29, 1.82) is 0 Å². The van der Waals surface area contributed by atoms with Crippen LogP contribution in [0.4, 0.5) is 0 Å². The van der Waals surface area contributed by atoms with Crippen LogP contribution < -0.4 is 0 Å². The summed E-state index contributed by atoms with van der Waals surface area (Å²) in [6.45, 7) is 0. The normalized spacial score (nSPS) is 11.8. The van der Waals surface area contributed by atoms with E-state index in [-0.39, 0.29) is 0 Å². The lowest BCUT2D eigenvalue weighted by Crippen LogP contribution is -1.95. The highest BCUT2D eigenvalue weighted by molar-refractivity contribution is 6.22. The van der Waals surface area contributed by atoms with Crippen LogP contribution in [0.2, 0.25) is 0 Å². The average molecular weight is 535 g/mol. The molecule has 9 aromatic rings. The van der Waals surface area contributed by atoms with Gasteiger partial charge in [-0.2, -0.15) is 0 Å². The smallest absolute Gasteiger partial charge is 0.0619 e. The van der Waals surface area contributed by atoms with Gasteiger partial charge in [0, 0.05) is 38.3 Å². The molecule has 2 heterocycles. The molecule has 0 atom stereocenters. The summed E-state index contributed by atoms with van der Waals surface area (Å²) in [7, 11) is 0. The predicted molar refractivity (Wildman–Crippen MR) is 178 cm³/mol. The Bertz CT molecular complexity index is 2440. The maximum atomic E-state index is 2.46. The molecule has 0 aliphatic carbocycles. The molecule has 0 aliphatic heterocycles. The SMILES string of the molecule is c1ccc(-c2cccc(-n3c4ccccc4c4ccc5cc6c(cc5c43)c3ccccc3n6-c3ccccc3)c2)cc1. The van der Waals surface area contributed by atoms with Gasteiger partial charge in [0.1, 0.15) is 0 Å². The molecule has 9 rings (SSSR count). The molecule has 0 radical (unpaired) electrons. The first-order valence-corrected chi connectivity index (χ1v) is 14.5. The minimum Gasteiger partial charge on any atom is -0.309 e. The minimum absolute atomic E-state index is 1.17. The first kappa shape index (κ1) is 23.1. The van der Waals surface area contributed by atoms with Crippen LogP contribution in [0.15, 0.2) is 158 Å². The Balaban J connectivity index is 1.41. The van der Waals surface area contributed by atoms with Crippen LogP contribution in [0, 0.1) is 0 Å². The van der Waals surface area contributed by atoms with E-state index in [0.29, 0.717) is 0 Å². The lowest BCUT2D eigenvalue weighted by molar-refractivity contribution is 1.18. The van der Waals surface area contributed by atoms with Crippen molar-refractivity contribution in [1.82, 2.24) is 9.13 Å². The second kappa shape index (κ2) is 8.95. The summed E-state index contributed by atoms with van der Waals surface area (Å²) in [5.41, 5.74) is 9.70. The van der Waals surface area contributed by atoms with Crippen molar-refractivity contribution >= 4 is 54.4 Å². The first-order chi connectivity index (χ1) is 20.8. The fourth-order valence-corrected chi connectivity index (χ4v) is 6.83. The third-order valence-electron chi connectivity index (χ3n) is 8.67. The number of rotatable bonds is 3. The van der Waals surface area contributed by atoms with Gasteiger partial charge in [0.2, 0.25) is 0 Å². The van der Waals surface area contributed by atoms with E-state index in [9.17, 15) is 0 Å². The lowest BCUT2D eigenvalue weighted by Gasteiger charge is -2.12. The molecule has 0 fully saturated rings. The number of para-hydroxylation sites is 3. The summed E-state index contributed by atoms with van der Waals surface area (Å²) in [4.78, 5) is 0. The van der Waals surface area contributed by atoms with Crippen LogP contribution in [0.3, 0.4) is 0 Å². The molecule has 0 bridgehead atoms. The van der Waals surface area contributed by atoms with Gasteiger partial charge in [0.25, 0.3) is 0 Å². The molecule has 2 aromatic heterocycles. The topological polar surface area (TPSA) is 9.86 Å². The minimum atomic E-state index is 1.17. The quantitative estimate of drug-likeness (QED) is 0.213. The maximum absolute atomic E-state index is 2.46. The molecule has 2 nitrogen and oxygen atoms in total. The van der Waals surface area contributed by atoms with Gasteiger partial charge in [0.05, 0.1) is 22.1 Å². The highest BCUT2D eigenvalue weighted by Crippen LogP contribution is 2.41. The zero-order chi connectivity index (χ0) is 27.6. The Kier molecular flexibility index (Phi) is 4.93. The molecule has 0 amide bonds. The van der Waals surface area contributed by atoms with Crippen molar-refractivity contribution in [2.75, 3.05) is 0 Å². The van der Waals surface area contributed by atoms with Gasteiger partial charge in [-0.15, -0.1) is 0 Å².